The van der Waals surface area contributed by atoms with Gasteiger partial charge in [-0.05, 0) is 18.6 Å². The number of nitrogens with two attached hydrogens (primary N) is 1. The number of rotatable bonds is 6. The van der Waals surface area contributed by atoms with Crippen LogP contribution < -0.4 is 10.5 Å². The lowest BCUT2D eigenvalue weighted by atomic mass is 10.2. The highest BCUT2D eigenvalue weighted by molar-refractivity contribution is 7.81. The number of hydrogen-bond acceptors (Lipinski definition) is 4. The molecular weight excluding hydrogens is 295 g/mol. The minimum Gasteiger partial charge on any atom is -0.483 e. The number of hydrogen-bond donors (Lipinski definition) is 1. The Morgan fingerprint density at radius 2 is 2.20 bits per heavy atom. The maximum atomic E-state index is 13.4. The number of aryl methyl sites for hydroxylation is 1. The molecule has 106 valence electrons. The van der Waals surface area contributed by atoms with Gasteiger partial charge in [0.2, 0.25) is 0 Å². The van der Waals surface area contributed by atoms with Crippen LogP contribution in [-0.2, 0) is 13.0 Å². The van der Waals surface area contributed by atoms with Gasteiger partial charge in [0.1, 0.15) is 16.6 Å². The average molecular weight is 310 g/mol. The lowest BCUT2D eigenvalue weighted by Crippen LogP contribution is -2.09. The molecule has 2 rings (SSSR count). The van der Waals surface area contributed by atoms with Crippen LogP contribution in [0.1, 0.15) is 28.9 Å². The van der Waals surface area contributed by atoms with Crippen molar-refractivity contribution in [1.82, 2.24) is 4.98 Å². The molecule has 0 aliphatic carbocycles. The summed E-state index contributed by atoms with van der Waals surface area (Å²) in [7, 11) is 0. The first kappa shape index (κ1) is 14.9. The highest BCUT2D eigenvalue weighted by Gasteiger charge is 2.13. The minimum absolute atomic E-state index is 0.213. The minimum atomic E-state index is -0.382. The molecule has 0 aliphatic rings. The van der Waals surface area contributed by atoms with Gasteiger partial charge in [0.15, 0.2) is 11.6 Å². The maximum Gasteiger partial charge on any atom is 0.165 e. The Hall–Kier alpha value is -1.53. The summed E-state index contributed by atoms with van der Waals surface area (Å²) in [6.45, 7) is 2.28. The molecular formula is C14H15FN2OS2. The highest BCUT2D eigenvalue weighted by Crippen LogP contribution is 2.23. The maximum absolute atomic E-state index is 13.4. The molecule has 0 saturated carbocycles. The van der Waals surface area contributed by atoms with Gasteiger partial charge in [-0.15, -0.1) is 11.3 Å². The normalized spacial score (nSPS) is 10.5. The smallest absolute Gasteiger partial charge is 0.165 e. The molecule has 2 N–H and O–H groups in total. The van der Waals surface area contributed by atoms with Crippen molar-refractivity contribution in [3.8, 4) is 5.75 Å². The molecule has 0 fully saturated rings. The fourth-order valence-electron chi connectivity index (χ4n) is 1.76. The summed E-state index contributed by atoms with van der Waals surface area (Å²) in [5.74, 6) is -0.163. The first-order valence-electron chi connectivity index (χ1n) is 6.27. The summed E-state index contributed by atoms with van der Waals surface area (Å²) in [6, 6.07) is 6.30. The van der Waals surface area contributed by atoms with Crippen LogP contribution in [0.25, 0.3) is 0 Å². The van der Waals surface area contributed by atoms with Crippen LogP contribution >= 0.6 is 23.6 Å². The van der Waals surface area contributed by atoms with Crippen LogP contribution in [0.3, 0.4) is 0 Å². The number of benzene rings is 1. The van der Waals surface area contributed by atoms with Gasteiger partial charge >= 0.3 is 0 Å². The van der Waals surface area contributed by atoms with Gasteiger partial charge < -0.3 is 10.5 Å². The molecule has 2 aromatic rings. The van der Waals surface area contributed by atoms with E-state index in [9.17, 15) is 4.39 Å². The fourth-order valence-corrected chi connectivity index (χ4v) is 2.88. The molecule has 0 unspecified atom stereocenters. The van der Waals surface area contributed by atoms with E-state index in [2.05, 4.69) is 11.9 Å². The molecule has 0 aliphatic heterocycles. The lowest BCUT2D eigenvalue weighted by molar-refractivity contribution is 0.289. The van der Waals surface area contributed by atoms with Crippen molar-refractivity contribution in [3.63, 3.8) is 0 Å². The van der Waals surface area contributed by atoms with Gasteiger partial charge in [-0.1, -0.05) is 37.7 Å². The zero-order chi connectivity index (χ0) is 14.5. The van der Waals surface area contributed by atoms with E-state index in [4.69, 9.17) is 22.7 Å². The van der Waals surface area contributed by atoms with E-state index in [1.165, 1.54) is 17.4 Å². The monoisotopic (exact) mass is 310 g/mol. The number of ether oxygens (including phenoxy) is 1. The van der Waals surface area contributed by atoms with E-state index >= 15 is 0 Å². The Balaban J connectivity index is 2.12. The Kier molecular flexibility index (Phi) is 5.03. The molecule has 20 heavy (non-hydrogen) atoms. The zero-order valence-electron chi connectivity index (χ0n) is 11.1. The SMILES string of the molecule is CCCc1nc(COc2ccccc2F)sc1C(N)=S. The van der Waals surface area contributed by atoms with Crippen LogP contribution in [0.15, 0.2) is 24.3 Å². The van der Waals surface area contributed by atoms with Crippen LogP contribution in [0, 0.1) is 5.82 Å². The van der Waals surface area contributed by atoms with Crippen molar-refractivity contribution < 1.29 is 9.13 Å². The molecule has 1 aromatic heterocycles. The van der Waals surface area contributed by atoms with E-state index in [0.717, 1.165) is 28.4 Å². The van der Waals surface area contributed by atoms with E-state index in [-0.39, 0.29) is 18.2 Å². The largest absolute Gasteiger partial charge is 0.483 e. The van der Waals surface area contributed by atoms with Crippen LogP contribution in [0.2, 0.25) is 0 Å². The second-order valence-corrected chi connectivity index (χ2v) is 5.74. The first-order valence-corrected chi connectivity index (χ1v) is 7.50. The quantitative estimate of drug-likeness (QED) is 0.830. The van der Waals surface area contributed by atoms with Crippen molar-refractivity contribution >= 4 is 28.5 Å². The summed E-state index contributed by atoms with van der Waals surface area (Å²) in [6.07, 6.45) is 1.79. The molecule has 0 bridgehead atoms. The number of nitrogens with zero attached hydrogens (tertiary/aromatic N) is 1. The highest BCUT2D eigenvalue weighted by atomic mass is 32.1. The van der Waals surface area contributed by atoms with Gasteiger partial charge in [-0.25, -0.2) is 9.37 Å². The molecule has 0 atom stereocenters. The van der Waals surface area contributed by atoms with Gasteiger partial charge in [0.25, 0.3) is 0 Å². The van der Waals surface area contributed by atoms with E-state index in [1.807, 2.05) is 0 Å². The molecule has 0 radical (unpaired) electrons. The van der Waals surface area contributed by atoms with Crippen LogP contribution in [0.4, 0.5) is 4.39 Å². The number of thiocarbonyl (C=S) groups is 1. The molecule has 0 spiro atoms. The Bertz CT molecular complexity index is 613. The summed E-state index contributed by atoms with van der Waals surface area (Å²) in [5, 5.41) is 0.750. The molecule has 1 aromatic carbocycles. The fraction of sp³-hybridized carbons (Fsp3) is 0.286. The average Bonchev–Trinajstić information content (AvgIpc) is 2.82. The predicted octanol–water partition coefficient (Wildman–Crippen LogP) is 3.45. The molecule has 3 nitrogen and oxygen atoms in total. The first-order chi connectivity index (χ1) is 9.61. The molecule has 0 amide bonds. The van der Waals surface area contributed by atoms with Crippen molar-refractivity contribution in [2.75, 3.05) is 0 Å². The lowest BCUT2D eigenvalue weighted by Gasteiger charge is -2.04. The second kappa shape index (κ2) is 6.76. The summed E-state index contributed by atoms with van der Waals surface area (Å²) in [4.78, 5) is 5.65. The zero-order valence-corrected chi connectivity index (χ0v) is 12.7. The van der Waals surface area contributed by atoms with Crippen LogP contribution in [-0.4, -0.2) is 9.97 Å². The van der Waals surface area contributed by atoms with E-state index in [0.29, 0.717) is 4.99 Å². The third kappa shape index (κ3) is 3.52. The van der Waals surface area contributed by atoms with E-state index in [1.54, 1.807) is 18.2 Å². The number of para-hydroxylation sites is 1. The third-order valence-electron chi connectivity index (χ3n) is 2.64. The predicted molar refractivity (Wildman–Crippen MR) is 82.7 cm³/mol. The van der Waals surface area contributed by atoms with Gasteiger partial charge in [-0.3, -0.25) is 0 Å². The second-order valence-electron chi connectivity index (χ2n) is 4.22. The Labute approximate surface area is 126 Å². The van der Waals surface area contributed by atoms with E-state index < -0.39 is 0 Å². The van der Waals surface area contributed by atoms with Crippen LogP contribution in [0.5, 0.6) is 5.75 Å². The topological polar surface area (TPSA) is 48.1 Å². The van der Waals surface area contributed by atoms with Crippen molar-refractivity contribution in [3.05, 3.63) is 45.7 Å². The van der Waals surface area contributed by atoms with Gasteiger partial charge in [0, 0.05) is 0 Å². The molecule has 6 heteroatoms. The van der Waals surface area contributed by atoms with Gasteiger partial charge in [-0.2, -0.15) is 0 Å². The summed E-state index contributed by atoms with van der Waals surface area (Å²) >= 11 is 6.43. The molecule has 0 saturated heterocycles. The van der Waals surface area contributed by atoms with Gasteiger partial charge in [0.05, 0.1) is 10.6 Å². The Morgan fingerprint density at radius 1 is 1.45 bits per heavy atom. The number of aromatic nitrogens is 1. The van der Waals surface area contributed by atoms with Crippen molar-refractivity contribution in [1.29, 1.82) is 0 Å². The molecule has 1 heterocycles. The van der Waals surface area contributed by atoms with Crippen molar-refractivity contribution in [2.24, 2.45) is 5.73 Å². The standard InChI is InChI=1S/C14H15FN2OS2/c1-2-5-10-13(14(16)19)20-12(17-10)8-18-11-7-4-3-6-9(11)15/h3-4,6-7H,2,5,8H2,1H3,(H2,16,19). The summed E-state index contributed by atoms with van der Waals surface area (Å²) in [5.41, 5.74) is 6.59. The number of halogens is 1. The summed E-state index contributed by atoms with van der Waals surface area (Å²) < 4.78 is 18.9. The Morgan fingerprint density at radius 3 is 2.85 bits per heavy atom. The van der Waals surface area contributed by atoms with Crippen molar-refractivity contribution in [2.45, 2.75) is 26.4 Å². The number of thiazole rings is 1. The third-order valence-corrected chi connectivity index (χ3v) is 4.08.